The van der Waals surface area contributed by atoms with Crippen molar-refractivity contribution in [3.05, 3.63) is 36.5 Å². The van der Waals surface area contributed by atoms with E-state index >= 15 is 0 Å². The number of nitrogens with zero attached hydrogens (tertiary/aromatic N) is 1. The van der Waals surface area contributed by atoms with Gasteiger partial charge in [0.2, 0.25) is 0 Å². The molecule has 0 saturated heterocycles. The standard InChI is InChI=1S/C22H40BFNO3.C6H13/c1-6-8-10-12-17-26-23(27-18-13-11-9-7-2)28-21-16-14-15-20(22(21)24)19-25(3,4)5;1-3-5-6-4-2/h14-16H,6-13,17-19H2,1-5H3;1,3-6H2,2H3/q+1;-1. The van der Waals surface area contributed by atoms with Gasteiger partial charge in [0.15, 0.2) is 5.82 Å². The van der Waals surface area contributed by atoms with Gasteiger partial charge in [0.05, 0.1) is 21.1 Å². The molecule has 198 valence electrons. The molecule has 1 rings (SSSR count). The first kappa shape index (κ1) is 32.9. The lowest BCUT2D eigenvalue weighted by Gasteiger charge is -2.24. The number of rotatable bonds is 19. The Morgan fingerprint density at radius 3 is 1.76 bits per heavy atom. The molecular weight excluding hydrogens is 428 g/mol. The lowest BCUT2D eigenvalue weighted by Crippen LogP contribution is -2.34. The van der Waals surface area contributed by atoms with E-state index in [0.717, 1.165) is 32.1 Å². The van der Waals surface area contributed by atoms with Gasteiger partial charge < -0.3 is 25.4 Å². The van der Waals surface area contributed by atoms with Crippen LogP contribution in [0.2, 0.25) is 0 Å². The zero-order valence-corrected chi connectivity index (χ0v) is 23.2. The minimum Gasteiger partial charge on any atom is -0.509 e. The van der Waals surface area contributed by atoms with Crippen molar-refractivity contribution in [1.82, 2.24) is 0 Å². The maximum absolute atomic E-state index is 14.9. The highest BCUT2D eigenvalue weighted by atomic mass is 19.1. The lowest BCUT2D eigenvalue weighted by molar-refractivity contribution is -0.884. The molecule has 0 radical (unpaired) electrons. The van der Waals surface area contributed by atoms with Crippen molar-refractivity contribution < 1.29 is 22.8 Å². The molecule has 34 heavy (non-hydrogen) atoms. The number of halogens is 1. The van der Waals surface area contributed by atoms with E-state index < -0.39 is 7.32 Å². The van der Waals surface area contributed by atoms with Crippen LogP contribution in [0.25, 0.3) is 0 Å². The van der Waals surface area contributed by atoms with Crippen LogP contribution in [0.1, 0.15) is 103 Å². The van der Waals surface area contributed by atoms with E-state index in [1.54, 1.807) is 12.1 Å². The lowest BCUT2D eigenvalue weighted by atomic mass is 10.1. The minimum absolute atomic E-state index is 0.193. The summed E-state index contributed by atoms with van der Waals surface area (Å²) in [5.74, 6) is -0.136. The third kappa shape index (κ3) is 18.3. The molecule has 6 heteroatoms. The van der Waals surface area contributed by atoms with Gasteiger partial charge in [-0.05, 0) is 18.9 Å². The van der Waals surface area contributed by atoms with E-state index in [1.165, 1.54) is 44.9 Å². The van der Waals surface area contributed by atoms with Crippen molar-refractivity contribution in [3.63, 3.8) is 0 Å². The molecule has 0 fully saturated rings. The molecule has 1 aromatic rings. The summed E-state index contributed by atoms with van der Waals surface area (Å²) < 4.78 is 32.9. The van der Waals surface area contributed by atoms with Crippen molar-refractivity contribution in [2.75, 3.05) is 34.4 Å². The van der Waals surface area contributed by atoms with Crippen LogP contribution in [0.15, 0.2) is 18.2 Å². The fourth-order valence-electron chi connectivity index (χ4n) is 3.34. The van der Waals surface area contributed by atoms with Gasteiger partial charge in [-0.15, -0.1) is 0 Å². The summed E-state index contributed by atoms with van der Waals surface area (Å²) in [4.78, 5) is 0. The Morgan fingerprint density at radius 1 is 0.794 bits per heavy atom. The highest BCUT2D eigenvalue weighted by molar-refractivity contribution is 6.37. The maximum atomic E-state index is 14.9. The predicted octanol–water partition coefficient (Wildman–Crippen LogP) is 7.99. The SMILES string of the molecule is CCCCCCOB(OCCCCCC)Oc1cccc(C[N+](C)(C)C)c1F.[CH2-]CCCCC. The molecule has 0 N–H and O–H groups in total. The second kappa shape index (κ2) is 21.2. The Kier molecular flexibility index (Phi) is 20.5. The fraction of sp³-hybridized carbons (Fsp3) is 0.750. The Morgan fingerprint density at radius 2 is 1.32 bits per heavy atom. The maximum Gasteiger partial charge on any atom is 0.713 e. The van der Waals surface area contributed by atoms with Gasteiger partial charge in [0.25, 0.3) is 0 Å². The minimum atomic E-state index is -0.864. The molecule has 0 amide bonds. The van der Waals surface area contributed by atoms with E-state index in [-0.39, 0.29) is 11.6 Å². The summed E-state index contributed by atoms with van der Waals surface area (Å²) in [6, 6.07) is 5.27. The first-order chi connectivity index (χ1) is 16.3. The van der Waals surface area contributed by atoms with Crippen LogP contribution in [0.4, 0.5) is 4.39 Å². The van der Waals surface area contributed by atoms with Crippen LogP contribution in [0.3, 0.4) is 0 Å². The quantitative estimate of drug-likeness (QED) is 0.0867. The van der Waals surface area contributed by atoms with E-state index in [2.05, 4.69) is 27.7 Å². The zero-order valence-electron chi connectivity index (χ0n) is 23.2. The van der Waals surface area contributed by atoms with Crippen LogP contribution in [0.5, 0.6) is 5.75 Å². The first-order valence-electron chi connectivity index (χ1n) is 13.6. The molecule has 0 bridgehead atoms. The van der Waals surface area contributed by atoms with Crippen LogP contribution >= 0.6 is 0 Å². The third-order valence-corrected chi connectivity index (χ3v) is 5.27. The average Bonchev–Trinajstić information content (AvgIpc) is 2.79. The van der Waals surface area contributed by atoms with Crippen molar-refractivity contribution in [3.8, 4) is 5.75 Å². The molecule has 0 aliphatic rings. The molecule has 0 heterocycles. The second-order valence-corrected chi connectivity index (χ2v) is 10.0. The Balaban J connectivity index is 0.00000160. The molecule has 0 aliphatic heterocycles. The van der Waals surface area contributed by atoms with E-state index in [0.29, 0.717) is 29.8 Å². The first-order valence-corrected chi connectivity index (χ1v) is 13.6. The Bertz CT molecular complexity index is 578. The summed E-state index contributed by atoms with van der Waals surface area (Å²) in [6.07, 6.45) is 14.0. The highest BCUT2D eigenvalue weighted by Gasteiger charge is 2.26. The molecule has 0 unspecified atom stereocenters. The number of quaternary nitrogens is 1. The molecule has 4 nitrogen and oxygen atoms in total. The van der Waals surface area contributed by atoms with Crippen molar-refractivity contribution in [2.45, 2.75) is 104 Å². The third-order valence-electron chi connectivity index (χ3n) is 5.27. The smallest absolute Gasteiger partial charge is 0.509 e. The molecule has 0 aliphatic carbocycles. The monoisotopic (exact) mass is 481 g/mol. The largest absolute Gasteiger partial charge is 0.713 e. The topological polar surface area (TPSA) is 27.7 Å². The van der Waals surface area contributed by atoms with Gasteiger partial charge >= 0.3 is 7.32 Å². The van der Waals surface area contributed by atoms with Gasteiger partial charge in [0, 0.05) is 18.8 Å². The molecule has 0 atom stereocenters. The molecule has 0 spiro atoms. The molecular formula is C28H53BFNO3. The molecule has 1 aromatic carbocycles. The van der Waals surface area contributed by atoms with Gasteiger partial charge in [0.1, 0.15) is 12.3 Å². The highest BCUT2D eigenvalue weighted by Crippen LogP contribution is 2.23. The number of unbranched alkanes of at least 4 members (excludes halogenated alkanes) is 9. The van der Waals surface area contributed by atoms with Crippen LogP contribution < -0.4 is 4.65 Å². The number of hydrogen-bond donors (Lipinski definition) is 0. The van der Waals surface area contributed by atoms with E-state index in [1.807, 2.05) is 27.2 Å². The van der Waals surface area contributed by atoms with Crippen molar-refractivity contribution in [1.29, 1.82) is 0 Å². The fourth-order valence-corrected chi connectivity index (χ4v) is 3.34. The Hall–Kier alpha value is -1.11. The second-order valence-electron chi connectivity index (χ2n) is 10.0. The zero-order chi connectivity index (χ0) is 25.7. The van der Waals surface area contributed by atoms with E-state index in [4.69, 9.17) is 14.0 Å². The van der Waals surface area contributed by atoms with Crippen molar-refractivity contribution >= 4 is 7.32 Å². The summed E-state index contributed by atoms with van der Waals surface area (Å²) in [7, 11) is 5.25. The van der Waals surface area contributed by atoms with Crippen LogP contribution in [-0.2, 0) is 15.9 Å². The van der Waals surface area contributed by atoms with Crippen LogP contribution in [-0.4, -0.2) is 46.2 Å². The van der Waals surface area contributed by atoms with E-state index in [9.17, 15) is 4.39 Å². The summed E-state index contributed by atoms with van der Waals surface area (Å²) in [5, 5.41) is 0. The van der Waals surface area contributed by atoms with Gasteiger partial charge in [-0.25, -0.2) is 4.39 Å². The van der Waals surface area contributed by atoms with Gasteiger partial charge in [-0.2, -0.15) is 6.42 Å². The predicted molar refractivity (Wildman–Crippen MR) is 144 cm³/mol. The summed E-state index contributed by atoms with van der Waals surface area (Å²) >= 11 is 0. The number of benzene rings is 1. The molecule has 0 aromatic heterocycles. The van der Waals surface area contributed by atoms with Gasteiger partial charge in [-0.1, -0.05) is 90.7 Å². The summed E-state index contributed by atoms with van der Waals surface area (Å²) in [6.45, 7) is 12.0. The van der Waals surface area contributed by atoms with Crippen molar-refractivity contribution in [2.24, 2.45) is 0 Å². The normalized spacial score (nSPS) is 11.2. The van der Waals surface area contributed by atoms with Gasteiger partial charge in [-0.3, -0.25) is 0 Å². The Labute approximate surface area is 211 Å². The van der Waals surface area contributed by atoms with Crippen LogP contribution in [0, 0.1) is 12.7 Å². The number of hydrogen-bond acceptors (Lipinski definition) is 3. The molecule has 0 saturated carbocycles. The average molecular weight is 482 g/mol. The summed E-state index contributed by atoms with van der Waals surface area (Å²) in [5.41, 5.74) is 0.634.